The predicted molar refractivity (Wildman–Crippen MR) is 226 cm³/mol. The zero-order valence-corrected chi connectivity index (χ0v) is 37.7. The smallest absolute Gasteiger partial charge is 0.273 e. The highest BCUT2D eigenvalue weighted by Gasteiger charge is 2.53. The van der Waals surface area contributed by atoms with Gasteiger partial charge >= 0.3 is 0 Å². The number of rotatable bonds is 20. The molecule has 0 radical (unpaired) electrons. The highest BCUT2D eigenvalue weighted by molar-refractivity contribution is 5.91. The molecule has 4 heterocycles. The zero-order valence-electron chi connectivity index (χ0n) is 37.7. The van der Waals surface area contributed by atoms with E-state index in [2.05, 4.69) is 26.3 Å². The molecule has 9 N–H and O–H groups in total. The molecule has 3 aliphatic heterocycles. The van der Waals surface area contributed by atoms with Gasteiger partial charge in [-0.3, -0.25) is 23.9 Å². The fourth-order valence-corrected chi connectivity index (χ4v) is 9.66. The molecule has 2 aliphatic carbocycles. The number of nitrogens with one attached hydrogen (secondary N) is 3. The van der Waals surface area contributed by atoms with Crippen molar-refractivity contribution in [1.82, 2.24) is 35.8 Å². The van der Waals surface area contributed by atoms with Crippen LogP contribution in [0.3, 0.4) is 0 Å². The maximum absolute atomic E-state index is 13.9. The Bertz CT molecular complexity index is 1700. The van der Waals surface area contributed by atoms with Gasteiger partial charge in [0.05, 0.1) is 31.1 Å². The summed E-state index contributed by atoms with van der Waals surface area (Å²) in [5, 5.41) is 79.6. The quantitative estimate of drug-likeness (QED) is 0.0644. The number of carbonyl (C=O) groups is 4. The number of aliphatic hydroxyl groups is 6. The van der Waals surface area contributed by atoms with E-state index < -0.39 is 110 Å². The fraction of sp³-hybridized carbons (Fsp3) is 0.860. The molecule has 65 heavy (non-hydrogen) atoms. The van der Waals surface area contributed by atoms with Crippen molar-refractivity contribution in [2.75, 3.05) is 39.4 Å². The van der Waals surface area contributed by atoms with Crippen LogP contribution < -0.4 is 16.0 Å². The van der Waals surface area contributed by atoms with Crippen molar-refractivity contribution in [1.29, 1.82) is 0 Å². The molecule has 0 spiro atoms. The molecule has 3 saturated heterocycles. The average molecular weight is 926 g/mol. The Labute approximate surface area is 379 Å². The second-order valence-corrected chi connectivity index (χ2v) is 18.2. The lowest BCUT2D eigenvalue weighted by Crippen LogP contribution is -2.67. The Balaban J connectivity index is 1.23. The number of ether oxygens (including phenoxy) is 5. The number of amides is 4. The molecule has 6 rings (SSSR count). The van der Waals surface area contributed by atoms with Crippen LogP contribution >= 0.6 is 0 Å². The number of likely N-dealkylation sites (tertiary alicyclic amines) is 1. The first kappa shape index (κ1) is 51.0. The van der Waals surface area contributed by atoms with Crippen molar-refractivity contribution in [2.45, 2.75) is 178 Å². The van der Waals surface area contributed by atoms with E-state index in [9.17, 15) is 44.7 Å². The van der Waals surface area contributed by atoms with E-state index in [1.54, 1.807) is 4.90 Å². The summed E-state index contributed by atoms with van der Waals surface area (Å²) in [6, 6.07) is -1.23. The van der Waals surface area contributed by atoms with E-state index in [0.29, 0.717) is 38.9 Å². The van der Waals surface area contributed by atoms with Crippen LogP contribution in [-0.2, 0) is 44.6 Å². The molecule has 0 bridgehead atoms. The second-order valence-electron chi connectivity index (χ2n) is 18.2. The molecule has 2 saturated carbocycles. The molecule has 15 atom stereocenters. The summed E-state index contributed by atoms with van der Waals surface area (Å²) >= 11 is 0. The lowest BCUT2D eigenvalue weighted by molar-refractivity contribution is -0.338. The molecule has 0 aromatic carbocycles. The molecule has 368 valence electrons. The number of aliphatic hydroxyl groups excluding tert-OH is 6. The summed E-state index contributed by atoms with van der Waals surface area (Å²) in [6.07, 6.45) is -6.50. The first-order chi connectivity index (χ1) is 31.2. The van der Waals surface area contributed by atoms with Crippen molar-refractivity contribution >= 4 is 23.6 Å². The van der Waals surface area contributed by atoms with Crippen LogP contribution in [-0.4, -0.2) is 193 Å². The van der Waals surface area contributed by atoms with E-state index in [1.165, 1.54) is 24.7 Å². The number of carbonyl (C=O) groups excluding carboxylic acids is 4. The van der Waals surface area contributed by atoms with Crippen molar-refractivity contribution < 1.29 is 73.5 Å². The predicted octanol–water partition coefficient (Wildman–Crippen LogP) is -1.92. The third-order valence-corrected chi connectivity index (χ3v) is 13.5. The SMILES string of the molecule is CCC1CC(C(=O)NCCNC(=O)c2cn(CCCO)nn2)C[C@@H](O[C@@H]2O[C@@H](CO)[C@H](O)C(O[C@@H](CC3CCCCC3)C(=O)N3CCC3)C2NC(C)=O)[C@@H]1O[C@@H]1OC(C)[C@@H](O)[C@H](O)C1O. The lowest BCUT2D eigenvalue weighted by Gasteiger charge is -2.49. The minimum atomic E-state index is -1.66. The molecular weight excluding hydrogens is 855 g/mol. The second kappa shape index (κ2) is 24.0. The van der Waals surface area contributed by atoms with Gasteiger partial charge in [0, 0.05) is 52.2 Å². The number of hydrogen-bond acceptors (Lipinski definition) is 17. The topological polar surface area (TPSA) is 306 Å². The van der Waals surface area contributed by atoms with E-state index in [1.807, 2.05) is 6.92 Å². The normalized spacial score (nSPS) is 34.9. The van der Waals surface area contributed by atoms with Gasteiger partial charge in [0.1, 0.15) is 48.8 Å². The number of hydrogen-bond donors (Lipinski definition) is 9. The summed E-state index contributed by atoms with van der Waals surface area (Å²) < 4.78 is 33.4. The first-order valence-electron chi connectivity index (χ1n) is 23.5. The van der Waals surface area contributed by atoms with Gasteiger partial charge in [0.2, 0.25) is 11.8 Å². The van der Waals surface area contributed by atoms with Crippen LogP contribution in [0.5, 0.6) is 0 Å². The Hall–Kier alpha value is -3.42. The molecule has 4 amide bonds. The Morgan fingerprint density at radius 2 is 1.63 bits per heavy atom. The summed E-state index contributed by atoms with van der Waals surface area (Å²) in [4.78, 5) is 55.2. The first-order valence-corrected chi connectivity index (χ1v) is 23.5. The third kappa shape index (κ3) is 13.0. The van der Waals surface area contributed by atoms with Crippen LogP contribution in [0.2, 0.25) is 0 Å². The maximum atomic E-state index is 13.9. The van der Waals surface area contributed by atoms with Crippen molar-refractivity contribution in [2.24, 2.45) is 17.8 Å². The highest BCUT2D eigenvalue weighted by atomic mass is 16.7. The van der Waals surface area contributed by atoms with Gasteiger partial charge in [-0.25, -0.2) is 0 Å². The molecular formula is C43H71N7O15. The minimum absolute atomic E-state index is 0.00211. The van der Waals surface area contributed by atoms with Crippen LogP contribution in [0.4, 0.5) is 0 Å². The van der Waals surface area contributed by atoms with Crippen LogP contribution in [0, 0.1) is 17.8 Å². The largest absolute Gasteiger partial charge is 0.396 e. The van der Waals surface area contributed by atoms with Gasteiger partial charge in [-0.15, -0.1) is 5.10 Å². The number of nitrogens with zero attached hydrogens (tertiary/aromatic N) is 4. The maximum Gasteiger partial charge on any atom is 0.273 e. The van der Waals surface area contributed by atoms with Crippen LogP contribution in [0.1, 0.15) is 102 Å². The summed E-state index contributed by atoms with van der Waals surface area (Å²) in [7, 11) is 0. The molecule has 1 aromatic rings. The number of aromatic nitrogens is 3. The Morgan fingerprint density at radius 3 is 2.29 bits per heavy atom. The lowest BCUT2D eigenvalue weighted by atomic mass is 9.75. The number of aryl methyl sites for hydroxylation is 1. The molecule has 5 aliphatic rings. The minimum Gasteiger partial charge on any atom is -0.396 e. The Morgan fingerprint density at radius 1 is 0.892 bits per heavy atom. The van der Waals surface area contributed by atoms with E-state index in [-0.39, 0.29) is 56.0 Å². The molecule has 1 aromatic heterocycles. The monoisotopic (exact) mass is 926 g/mol. The van der Waals surface area contributed by atoms with Gasteiger partial charge in [-0.05, 0) is 50.9 Å². The van der Waals surface area contributed by atoms with Crippen LogP contribution in [0.25, 0.3) is 0 Å². The fourth-order valence-electron chi connectivity index (χ4n) is 9.66. The molecule has 6 unspecified atom stereocenters. The molecule has 22 nitrogen and oxygen atoms in total. The molecule has 22 heteroatoms. The van der Waals surface area contributed by atoms with Gasteiger partial charge < -0.3 is 75.2 Å². The van der Waals surface area contributed by atoms with Gasteiger partial charge in [0.15, 0.2) is 18.3 Å². The third-order valence-electron chi connectivity index (χ3n) is 13.5. The summed E-state index contributed by atoms with van der Waals surface area (Å²) in [5.74, 6) is -2.50. The highest BCUT2D eigenvalue weighted by Crippen LogP contribution is 2.40. The van der Waals surface area contributed by atoms with Gasteiger partial charge in [0.25, 0.3) is 11.8 Å². The van der Waals surface area contributed by atoms with Crippen molar-refractivity contribution in [3.05, 3.63) is 11.9 Å². The molecule has 5 fully saturated rings. The Kier molecular flexibility index (Phi) is 18.9. The summed E-state index contributed by atoms with van der Waals surface area (Å²) in [6.45, 7) is 5.65. The van der Waals surface area contributed by atoms with E-state index in [4.69, 9.17) is 28.8 Å². The standard InChI is InChI=1S/C43H71N7O15/c1-4-26-19-27(39(58)44-12-13-45-40(59)28-21-50(48-47-28)16-9-17-51)20-29(37(26)65-43-36(57)35(56)33(54)23(2)61-43)63-42-32(46-24(3)53)38(34(55)31(22-52)64-42)62-30(41(60)49-14-8-15-49)18-25-10-6-5-7-11-25/h21,23,25-27,29-38,42-43,51-52,54-57H,4-20,22H2,1-3H3,(H,44,58)(H,45,59)(H,46,53)/t23?,26?,27?,29-,30+,31+,32?,33-,34+,35+,36?,37-,38?,42-,43+/m1/s1. The van der Waals surface area contributed by atoms with Gasteiger partial charge in [-0.2, -0.15) is 0 Å². The van der Waals surface area contributed by atoms with Crippen LogP contribution in [0.15, 0.2) is 6.20 Å². The van der Waals surface area contributed by atoms with Crippen molar-refractivity contribution in [3.8, 4) is 0 Å². The van der Waals surface area contributed by atoms with E-state index in [0.717, 1.165) is 38.5 Å². The van der Waals surface area contributed by atoms with Crippen molar-refractivity contribution in [3.63, 3.8) is 0 Å². The summed E-state index contributed by atoms with van der Waals surface area (Å²) in [5.41, 5.74) is 0.0791. The average Bonchev–Trinajstić information content (AvgIpc) is 3.76. The van der Waals surface area contributed by atoms with Gasteiger partial charge in [-0.1, -0.05) is 50.7 Å². The van der Waals surface area contributed by atoms with E-state index >= 15 is 0 Å². The zero-order chi connectivity index (χ0) is 46.8.